The number of aromatic nitrogens is 5. The first-order valence-corrected chi connectivity index (χ1v) is 8.94. The van der Waals surface area contributed by atoms with Crippen LogP contribution in [0.2, 0.25) is 0 Å². The molecule has 0 saturated carbocycles. The number of rotatable bonds is 3. The monoisotopic (exact) mass is 349 g/mol. The van der Waals surface area contributed by atoms with Gasteiger partial charge in [-0.05, 0) is 18.9 Å². The third-order valence-electron chi connectivity index (χ3n) is 5.23. The highest BCUT2D eigenvalue weighted by Crippen LogP contribution is 2.30. The van der Waals surface area contributed by atoms with E-state index in [1.807, 2.05) is 21.8 Å². The zero-order chi connectivity index (χ0) is 17.5. The van der Waals surface area contributed by atoms with Crippen LogP contribution in [0.1, 0.15) is 25.3 Å². The van der Waals surface area contributed by atoms with Crippen molar-refractivity contribution in [2.45, 2.75) is 25.3 Å². The van der Waals surface area contributed by atoms with E-state index in [0.717, 1.165) is 54.9 Å². The van der Waals surface area contributed by atoms with E-state index in [1.54, 1.807) is 24.9 Å². The van der Waals surface area contributed by atoms with Crippen LogP contribution in [0.3, 0.4) is 0 Å². The molecule has 8 heteroatoms. The summed E-state index contributed by atoms with van der Waals surface area (Å²) >= 11 is 0. The van der Waals surface area contributed by atoms with Gasteiger partial charge >= 0.3 is 0 Å². The Morgan fingerprint density at radius 2 is 2.12 bits per heavy atom. The molecular formula is C18H19N7O. The van der Waals surface area contributed by atoms with Gasteiger partial charge in [0.2, 0.25) is 5.91 Å². The minimum absolute atomic E-state index is 0.193. The highest BCUT2D eigenvalue weighted by Gasteiger charge is 2.28. The van der Waals surface area contributed by atoms with E-state index in [1.165, 1.54) is 0 Å². The number of amides is 1. The molecule has 0 radical (unpaired) electrons. The van der Waals surface area contributed by atoms with E-state index in [0.29, 0.717) is 6.42 Å². The number of carbonyl (C=O) groups excluding carboxylic acids is 1. The SMILES string of the molecule is O=C1CCCN1c1cnn(C2CCN(c3ncnc4cnccc34)C2)c1. The van der Waals surface area contributed by atoms with Crippen molar-refractivity contribution in [3.05, 3.63) is 37.2 Å². The van der Waals surface area contributed by atoms with Crippen molar-refractivity contribution in [2.75, 3.05) is 29.4 Å². The third-order valence-corrected chi connectivity index (χ3v) is 5.23. The predicted octanol–water partition coefficient (Wildman–Crippen LogP) is 1.80. The number of pyridine rings is 1. The van der Waals surface area contributed by atoms with E-state index in [2.05, 4.69) is 25.0 Å². The van der Waals surface area contributed by atoms with Gasteiger partial charge in [-0.2, -0.15) is 5.10 Å². The number of fused-ring (bicyclic) bond motifs is 1. The molecule has 0 bridgehead atoms. The quantitative estimate of drug-likeness (QED) is 0.717. The van der Waals surface area contributed by atoms with Gasteiger partial charge in [0.05, 0.1) is 29.6 Å². The summed E-state index contributed by atoms with van der Waals surface area (Å²) in [6.07, 6.45) is 11.5. The Hall–Kier alpha value is -3.03. The van der Waals surface area contributed by atoms with Crippen LogP contribution in [0.25, 0.3) is 10.9 Å². The number of nitrogens with zero attached hydrogens (tertiary/aromatic N) is 7. The summed E-state index contributed by atoms with van der Waals surface area (Å²) in [6.45, 7) is 2.54. The molecule has 2 saturated heterocycles. The molecule has 5 heterocycles. The fraction of sp³-hybridized carbons (Fsp3) is 0.389. The Balaban J connectivity index is 1.37. The maximum Gasteiger partial charge on any atom is 0.227 e. The Labute approximate surface area is 150 Å². The van der Waals surface area contributed by atoms with Crippen molar-refractivity contribution < 1.29 is 4.79 Å². The van der Waals surface area contributed by atoms with Gasteiger partial charge in [0.1, 0.15) is 12.1 Å². The van der Waals surface area contributed by atoms with Crippen LogP contribution in [0.15, 0.2) is 37.2 Å². The van der Waals surface area contributed by atoms with Crippen molar-refractivity contribution in [3.8, 4) is 0 Å². The van der Waals surface area contributed by atoms with Crippen LogP contribution in [0.5, 0.6) is 0 Å². The van der Waals surface area contributed by atoms with Crippen LogP contribution in [0, 0.1) is 0 Å². The summed E-state index contributed by atoms with van der Waals surface area (Å²) in [7, 11) is 0. The molecule has 2 aliphatic heterocycles. The summed E-state index contributed by atoms with van der Waals surface area (Å²) in [5, 5.41) is 5.54. The fourth-order valence-corrected chi connectivity index (χ4v) is 3.88. The summed E-state index contributed by atoms with van der Waals surface area (Å²) in [5.74, 6) is 1.14. The van der Waals surface area contributed by atoms with Crippen molar-refractivity contribution in [3.63, 3.8) is 0 Å². The number of carbonyl (C=O) groups is 1. The van der Waals surface area contributed by atoms with Gasteiger partial charge in [-0.3, -0.25) is 14.5 Å². The van der Waals surface area contributed by atoms with Crippen LogP contribution in [-0.2, 0) is 4.79 Å². The molecule has 0 aliphatic carbocycles. The lowest BCUT2D eigenvalue weighted by Crippen LogP contribution is -2.23. The van der Waals surface area contributed by atoms with E-state index in [4.69, 9.17) is 0 Å². The van der Waals surface area contributed by atoms with Gasteiger partial charge in [0.25, 0.3) is 0 Å². The molecule has 1 amide bonds. The first-order chi connectivity index (χ1) is 12.8. The van der Waals surface area contributed by atoms with Gasteiger partial charge in [0.15, 0.2) is 0 Å². The lowest BCUT2D eigenvalue weighted by Gasteiger charge is -2.19. The van der Waals surface area contributed by atoms with Crippen molar-refractivity contribution in [1.82, 2.24) is 24.7 Å². The Bertz CT molecular complexity index is 964. The molecule has 8 nitrogen and oxygen atoms in total. The maximum absolute atomic E-state index is 11.9. The second kappa shape index (κ2) is 6.05. The maximum atomic E-state index is 11.9. The smallest absolute Gasteiger partial charge is 0.227 e. The van der Waals surface area contributed by atoms with Gasteiger partial charge in [0, 0.05) is 43.8 Å². The molecule has 0 aromatic carbocycles. The summed E-state index contributed by atoms with van der Waals surface area (Å²) in [6, 6.07) is 2.23. The molecule has 3 aromatic rings. The van der Waals surface area contributed by atoms with Crippen LogP contribution in [-0.4, -0.2) is 50.3 Å². The van der Waals surface area contributed by atoms with Gasteiger partial charge in [-0.1, -0.05) is 0 Å². The van der Waals surface area contributed by atoms with E-state index >= 15 is 0 Å². The Kier molecular flexibility index (Phi) is 3.55. The molecule has 0 N–H and O–H groups in total. The number of hydrogen-bond donors (Lipinski definition) is 0. The van der Waals surface area contributed by atoms with Gasteiger partial charge in [-0.15, -0.1) is 0 Å². The highest BCUT2D eigenvalue weighted by atomic mass is 16.2. The molecule has 3 aromatic heterocycles. The van der Waals surface area contributed by atoms with Crippen LogP contribution >= 0.6 is 0 Å². The van der Waals surface area contributed by atoms with E-state index < -0.39 is 0 Å². The normalized spacial score (nSPS) is 20.5. The van der Waals surface area contributed by atoms with Crippen molar-refractivity contribution >= 4 is 28.3 Å². The zero-order valence-electron chi connectivity index (χ0n) is 14.3. The standard InChI is InChI=1S/C18H19N7O/c26-17-2-1-6-24(17)14-8-22-25(11-14)13-4-7-23(10-13)18-15-3-5-19-9-16(15)20-12-21-18/h3,5,8-9,11-13H,1-2,4,6-7,10H2. The Morgan fingerprint density at radius 1 is 1.15 bits per heavy atom. The molecule has 2 aliphatic rings. The number of hydrogen-bond acceptors (Lipinski definition) is 6. The van der Waals surface area contributed by atoms with E-state index in [9.17, 15) is 4.79 Å². The Morgan fingerprint density at radius 3 is 3.00 bits per heavy atom. The molecule has 5 rings (SSSR count). The highest BCUT2D eigenvalue weighted by molar-refractivity contribution is 5.95. The first kappa shape index (κ1) is 15.2. The minimum Gasteiger partial charge on any atom is -0.354 e. The zero-order valence-corrected chi connectivity index (χ0v) is 14.3. The lowest BCUT2D eigenvalue weighted by atomic mass is 10.2. The second-order valence-corrected chi connectivity index (χ2v) is 6.81. The first-order valence-electron chi connectivity index (χ1n) is 8.94. The molecule has 1 unspecified atom stereocenters. The van der Waals surface area contributed by atoms with Crippen LogP contribution in [0.4, 0.5) is 11.5 Å². The van der Waals surface area contributed by atoms with Crippen molar-refractivity contribution in [1.29, 1.82) is 0 Å². The van der Waals surface area contributed by atoms with Gasteiger partial charge in [-0.25, -0.2) is 9.97 Å². The molecule has 132 valence electrons. The topological polar surface area (TPSA) is 80.0 Å². The van der Waals surface area contributed by atoms with Gasteiger partial charge < -0.3 is 9.80 Å². The number of anilines is 2. The average molecular weight is 349 g/mol. The van der Waals surface area contributed by atoms with E-state index in [-0.39, 0.29) is 11.9 Å². The summed E-state index contributed by atoms with van der Waals surface area (Å²) in [5.41, 5.74) is 1.76. The second-order valence-electron chi connectivity index (χ2n) is 6.81. The lowest BCUT2D eigenvalue weighted by molar-refractivity contribution is -0.117. The fourth-order valence-electron chi connectivity index (χ4n) is 3.88. The summed E-state index contributed by atoms with van der Waals surface area (Å²) < 4.78 is 1.99. The van der Waals surface area contributed by atoms with Crippen LogP contribution < -0.4 is 9.80 Å². The summed E-state index contributed by atoms with van der Waals surface area (Å²) in [4.78, 5) is 29.0. The third kappa shape index (κ3) is 2.49. The largest absolute Gasteiger partial charge is 0.354 e. The molecule has 2 fully saturated rings. The molecule has 0 spiro atoms. The molecular weight excluding hydrogens is 330 g/mol. The minimum atomic E-state index is 0.193. The predicted molar refractivity (Wildman–Crippen MR) is 97.0 cm³/mol. The molecule has 1 atom stereocenters. The van der Waals surface area contributed by atoms with Crippen molar-refractivity contribution in [2.24, 2.45) is 0 Å². The average Bonchev–Trinajstić information content (AvgIpc) is 3.41. The molecule has 26 heavy (non-hydrogen) atoms.